The first kappa shape index (κ1) is 16.8. The van der Waals surface area contributed by atoms with E-state index in [1.165, 1.54) is 12.1 Å². The maximum atomic E-state index is 12.5. The third-order valence-corrected chi connectivity index (χ3v) is 6.90. The average Bonchev–Trinajstić information content (AvgIpc) is 2.80. The van der Waals surface area contributed by atoms with E-state index in [9.17, 15) is 21.6 Å². The van der Waals surface area contributed by atoms with Gasteiger partial charge in [-0.2, -0.15) is 13.2 Å². The summed E-state index contributed by atoms with van der Waals surface area (Å²) >= 11 is 0. The van der Waals surface area contributed by atoms with Gasteiger partial charge in [-0.1, -0.05) is 12.1 Å². The summed E-state index contributed by atoms with van der Waals surface area (Å²) < 4.78 is 60.2. The molecule has 0 aromatic heterocycles. The first-order chi connectivity index (χ1) is 10.7. The van der Waals surface area contributed by atoms with Crippen LogP contribution in [0.4, 0.5) is 13.2 Å². The molecule has 0 radical (unpaired) electrons. The van der Waals surface area contributed by atoms with Gasteiger partial charge in [0.1, 0.15) is 0 Å². The highest BCUT2D eigenvalue weighted by Gasteiger charge is 2.51. The van der Waals surface area contributed by atoms with E-state index in [0.29, 0.717) is 11.5 Å². The van der Waals surface area contributed by atoms with E-state index in [1.54, 1.807) is 0 Å². The van der Waals surface area contributed by atoms with Crippen molar-refractivity contribution in [2.24, 2.45) is 5.41 Å². The van der Waals surface area contributed by atoms with E-state index in [2.05, 4.69) is 4.90 Å². The first-order valence-electron chi connectivity index (χ1n) is 7.77. The van der Waals surface area contributed by atoms with Crippen LogP contribution in [-0.4, -0.2) is 44.5 Å². The topological polar surface area (TPSA) is 37.4 Å². The van der Waals surface area contributed by atoms with E-state index >= 15 is 0 Å². The maximum absolute atomic E-state index is 12.5. The van der Waals surface area contributed by atoms with Gasteiger partial charge in [-0.25, -0.2) is 8.42 Å². The Morgan fingerprint density at radius 1 is 1.13 bits per heavy atom. The fourth-order valence-electron chi connectivity index (χ4n) is 3.71. The molecule has 1 aromatic rings. The molecule has 0 atom stereocenters. The molecule has 2 aliphatic rings. The minimum atomic E-state index is -4.29. The SMILES string of the molecule is O=S1(=O)CC2(CCN(CCCc3ccc(C(F)(F)F)cc3)C2)C1. The van der Waals surface area contributed by atoms with Crippen LogP contribution in [0, 0.1) is 5.41 Å². The minimum Gasteiger partial charge on any atom is -0.303 e. The Morgan fingerprint density at radius 2 is 1.78 bits per heavy atom. The number of rotatable bonds is 4. The van der Waals surface area contributed by atoms with Crippen molar-refractivity contribution in [3.8, 4) is 0 Å². The summed E-state index contributed by atoms with van der Waals surface area (Å²) in [6.07, 6.45) is -1.74. The molecule has 0 bridgehead atoms. The van der Waals surface area contributed by atoms with Crippen molar-refractivity contribution in [1.82, 2.24) is 4.90 Å². The van der Waals surface area contributed by atoms with Crippen LogP contribution >= 0.6 is 0 Å². The molecule has 3 nitrogen and oxygen atoms in total. The van der Waals surface area contributed by atoms with Crippen LogP contribution in [0.15, 0.2) is 24.3 Å². The Bertz CT molecular complexity index is 656. The second kappa shape index (κ2) is 5.77. The number of likely N-dealkylation sites (tertiary alicyclic amines) is 1. The molecular weight excluding hydrogens is 327 g/mol. The lowest BCUT2D eigenvalue weighted by molar-refractivity contribution is -0.137. The summed E-state index contributed by atoms with van der Waals surface area (Å²) in [5, 5.41) is 0. The predicted molar refractivity (Wildman–Crippen MR) is 81.9 cm³/mol. The van der Waals surface area contributed by atoms with E-state index in [1.807, 2.05) is 0 Å². The molecule has 128 valence electrons. The van der Waals surface area contributed by atoms with E-state index in [0.717, 1.165) is 56.6 Å². The molecular formula is C16H20F3NO2S. The zero-order valence-corrected chi connectivity index (χ0v) is 13.6. The van der Waals surface area contributed by atoms with Crippen LogP contribution in [-0.2, 0) is 22.4 Å². The Balaban J connectivity index is 1.44. The van der Waals surface area contributed by atoms with Gasteiger partial charge in [-0.3, -0.25) is 0 Å². The Morgan fingerprint density at radius 3 is 2.35 bits per heavy atom. The largest absolute Gasteiger partial charge is 0.416 e. The van der Waals surface area contributed by atoms with Gasteiger partial charge in [0, 0.05) is 12.0 Å². The van der Waals surface area contributed by atoms with Gasteiger partial charge in [-0.05, 0) is 50.0 Å². The van der Waals surface area contributed by atoms with Gasteiger partial charge < -0.3 is 4.90 Å². The van der Waals surface area contributed by atoms with Crippen LogP contribution in [0.2, 0.25) is 0 Å². The lowest BCUT2D eigenvalue weighted by atomic mass is 9.91. The van der Waals surface area contributed by atoms with Crippen molar-refractivity contribution in [2.45, 2.75) is 25.4 Å². The Hall–Kier alpha value is -1.08. The third kappa shape index (κ3) is 3.88. The smallest absolute Gasteiger partial charge is 0.303 e. The molecule has 23 heavy (non-hydrogen) atoms. The van der Waals surface area contributed by atoms with Crippen molar-refractivity contribution in [1.29, 1.82) is 0 Å². The summed E-state index contributed by atoms with van der Waals surface area (Å²) in [6.45, 7) is 2.62. The van der Waals surface area contributed by atoms with Gasteiger partial charge in [-0.15, -0.1) is 0 Å². The highest BCUT2D eigenvalue weighted by Crippen LogP contribution is 2.41. The molecule has 2 heterocycles. The number of benzene rings is 1. The molecule has 0 unspecified atom stereocenters. The van der Waals surface area contributed by atoms with Crippen LogP contribution < -0.4 is 0 Å². The first-order valence-corrected chi connectivity index (χ1v) is 9.59. The van der Waals surface area contributed by atoms with E-state index in [-0.39, 0.29) is 5.41 Å². The fraction of sp³-hybridized carbons (Fsp3) is 0.625. The third-order valence-electron chi connectivity index (χ3n) is 4.79. The number of hydrogen-bond donors (Lipinski definition) is 0. The normalized spacial score (nSPS) is 23.1. The summed E-state index contributed by atoms with van der Waals surface area (Å²) in [6, 6.07) is 5.32. The number of halogens is 3. The van der Waals surface area contributed by atoms with Crippen molar-refractivity contribution in [3.05, 3.63) is 35.4 Å². The Labute approximate surface area is 134 Å². The van der Waals surface area contributed by atoms with Gasteiger partial charge >= 0.3 is 6.18 Å². The van der Waals surface area contributed by atoms with Gasteiger partial charge in [0.05, 0.1) is 17.1 Å². The number of nitrogens with zero attached hydrogens (tertiary/aromatic N) is 1. The molecule has 0 amide bonds. The highest BCUT2D eigenvalue weighted by atomic mass is 32.2. The second-order valence-corrected chi connectivity index (χ2v) is 8.92. The number of aryl methyl sites for hydroxylation is 1. The van der Waals surface area contributed by atoms with Crippen molar-refractivity contribution < 1.29 is 21.6 Å². The van der Waals surface area contributed by atoms with Crippen molar-refractivity contribution >= 4 is 9.84 Å². The maximum Gasteiger partial charge on any atom is 0.416 e. The van der Waals surface area contributed by atoms with Crippen LogP contribution in [0.1, 0.15) is 24.0 Å². The standard InChI is InChI=1S/C16H20F3NO2S/c17-16(18,19)14-5-3-13(4-6-14)2-1-8-20-9-7-15(10-20)11-23(21,22)12-15/h3-6H,1-2,7-12H2. The highest BCUT2D eigenvalue weighted by molar-refractivity contribution is 7.92. The average molecular weight is 347 g/mol. The van der Waals surface area contributed by atoms with Crippen molar-refractivity contribution in [2.75, 3.05) is 31.1 Å². The molecule has 2 fully saturated rings. The van der Waals surface area contributed by atoms with E-state index < -0.39 is 21.6 Å². The molecule has 1 aromatic carbocycles. The Kier molecular flexibility index (Phi) is 4.21. The minimum absolute atomic E-state index is 0.0206. The molecule has 0 saturated carbocycles. The summed E-state index contributed by atoms with van der Waals surface area (Å²) in [5.41, 5.74) is 0.264. The molecule has 0 aliphatic carbocycles. The molecule has 2 aliphatic heterocycles. The summed E-state index contributed by atoms with van der Waals surface area (Å²) in [4.78, 5) is 2.28. The monoisotopic (exact) mass is 347 g/mol. The van der Waals surface area contributed by atoms with Crippen LogP contribution in [0.25, 0.3) is 0 Å². The van der Waals surface area contributed by atoms with Crippen LogP contribution in [0.5, 0.6) is 0 Å². The lowest BCUT2D eigenvalue weighted by Crippen LogP contribution is -2.50. The number of alkyl halides is 3. The van der Waals surface area contributed by atoms with E-state index in [4.69, 9.17) is 0 Å². The zero-order valence-electron chi connectivity index (χ0n) is 12.8. The van der Waals surface area contributed by atoms with Gasteiger partial charge in [0.2, 0.25) is 0 Å². The fourth-order valence-corrected chi connectivity index (χ4v) is 5.96. The zero-order chi connectivity index (χ0) is 16.7. The lowest BCUT2D eigenvalue weighted by Gasteiger charge is -2.37. The molecule has 7 heteroatoms. The van der Waals surface area contributed by atoms with Gasteiger partial charge in [0.15, 0.2) is 9.84 Å². The quantitative estimate of drug-likeness (QED) is 0.840. The van der Waals surface area contributed by atoms with Crippen molar-refractivity contribution in [3.63, 3.8) is 0 Å². The number of sulfone groups is 1. The predicted octanol–water partition coefficient (Wildman–Crippen LogP) is 2.76. The molecule has 1 spiro atoms. The second-order valence-electron chi connectivity index (χ2n) is 6.86. The number of hydrogen-bond acceptors (Lipinski definition) is 3. The van der Waals surface area contributed by atoms with Crippen LogP contribution in [0.3, 0.4) is 0 Å². The summed E-state index contributed by atoms with van der Waals surface area (Å²) in [7, 11) is -2.79. The molecule has 3 rings (SSSR count). The molecule has 0 N–H and O–H groups in total. The van der Waals surface area contributed by atoms with Gasteiger partial charge in [0.25, 0.3) is 0 Å². The summed E-state index contributed by atoms with van der Waals surface area (Å²) in [5.74, 6) is 0.630. The molecule has 2 saturated heterocycles.